The van der Waals surface area contributed by atoms with E-state index in [4.69, 9.17) is 12.6 Å². The molecule has 0 spiro atoms. The number of hydrogen-bond acceptors (Lipinski definition) is 2. The molecule has 0 saturated heterocycles. The van der Waals surface area contributed by atoms with Gasteiger partial charge in [0.2, 0.25) is 0 Å². The summed E-state index contributed by atoms with van der Waals surface area (Å²) in [6.45, 7) is 1.48. The van der Waals surface area contributed by atoms with Gasteiger partial charge in [-0.1, -0.05) is 93.6 Å². The van der Waals surface area contributed by atoms with Crippen molar-refractivity contribution in [2.24, 2.45) is 0 Å². The number of aromatic nitrogens is 1. The number of aryl methyl sites for hydroxylation is 2. The molecule has 0 saturated carbocycles. The quantitative estimate of drug-likeness (QED) is 0.224. The van der Waals surface area contributed by atoms with Crippen LogP contribution in [0.15, 0.2) is 114 Å². The normalized spacial score (nSPS) is 14.8. The van der Waals surface area contributed by atoms with Crippen LogP contribution >= 0.6 is 0 Å². The number of rotatable bonds is 3. The van der Waals surface area contributed by atoms with E-state index in [1.807, 2.05) is 60.7 Å². The largest absolute Gasteiger partial charge is 0.455 e. The first-order valence-corrected chi connectivity index (χ1v) is 13.8. The second-order valence-electron chi connectivity index (χ2n) is 11.7. The molecule has 0 atom stereocenters. The third kappa shape index (κ3) is 4.40. The average Bonchev–Trinajstić information content (AvgIpc) is 3.41. The molecule has 0 unspecified atom stereocenters. The summed E-state index contributed by atoms with van der Waals surface area (Å²) in [5, 5.41) is 3.44. The number of para-hydroxylation sites is 2. The van der Waals surface area contributed by atoms with E-state index in [1.165, 1.54) is 11.8 Å². The highest BCUT2D eigenvalue weighted by Crippen LogP contribution is 2.38. The number of pyridine rings is 1. The molecule has 2 aromatic heterocycles. The van der Waals surface area contributed by atoms with Gasteiger partial charge in [-0.3, -0.25) is 4.98 Å². The summed E-state index contributed by atoms with van der Waals surface area (Å²) in [5.74, 6) is 0. The van der Waals surface area contributed by atoms with E-state index in [0.29, 0.717) is 28.0 Å². The van der Waals surface area contributed by atoms with Crippen LogP contribution in [-0.2, 0) is 5.41 Å². The highest BCUT2D eigenvalue weighted by Gasteiger charge is 2.16. The Balaban J connectivity index is 1.42. The van der Waals surface area contributed by atoms with Crippen LogP contribution in [0.25, 0.3) is 66.2 Å². The Bertz CT molecular complexity index is 2310. The van der Waals surface area contributed by atoms with Gasteiger partial charge in [0.05, 0.1) is 5.69 Å². The van der Waals surface area contributed by atoms with Gasteiger partial charge in [-0.2, -0.15) is 0 Å². The van der Waals surface area contributed by atoms with E-state index >= 15 is 0 Å². The number of hydrogen-bond donors (Lipinski definition) is 0. The van der Waals surface area contributed by atoms with Crippen molar-refractivity contribution < 1.29 is 12.6 Å². The van der Waals surface area contributed by atoms with Gasteiger partial charge >= 0.3 is 0 Å². The van der Waals surface area contributed by atoms with Crippen LogP contribution in [0.1, 0.15) is 45.7 Å². The fourth-order valence-electron chi connectivity index (χ4n) is 5.64. The van der Waals surface area contributed by atoms with Crippen LogP contribution in [0.5, 0.6) is 0 Å². The topological polar surface area (TPSA) is 26.0 Å². The van der Waals surface area contributed by atoms with E-state index in [-0.39, 0.29) is 16.5 Å². The molecule has 7 rings (SSSR count). The van der Waals surface area contributed by atoms with Crippen molar-refractivity contribution in [1.82, 2.24) is 4.98 Å². The smallest absolute Gasteiger partial charge is 0.144 e. The van der Waals surface area contributed by atoms with Crippen molar-refractivity contribution >= 4 is 32.7 Å². The zero-order chi connectivity index (χ0) is 33.3. The molecule has 200 valence electrons. The molecule has 41 heavy (non-hydrogen) atoms. The van der Waals surface area contributed by atoms with Crippen molar-refractivity contribution in [3.8, 4) is 33.5 Å². The first kappa shape index (κ1) is 19.4. The maximum Gasteiger partial charge on any atom is 0.144 e. The minimum Gasteiger partial charge on any atom is -0.455 e. The Kier molecular flexibility index (Phi) is 4.47. The van der Waals surface area contributed by atoms with Crippen LogP contribution < -0.4 is 0 Å². The Morgan fingerprint density at radius 2 is 1.39 bits per heavy atom. The molecule has 0 amide bonds. The molecular formula is C39H33NO. The fraction of sp³-hybridized carbons (Fsp3) is 0.154. The first-order valence-electron chi connectivity index (χ1n) is 16.8. The third-order valence-electron chi connectivity index (χ3n) is 7.94. The van der Waals surface area contributed by atoms with E-state index < -0.39 is 13.7 Å². The highest BCUT2D eigenvalue weighted by atomic mass is 16.3. The molecule has 0 aliphatic rings. The van der Waals surface area contributed by atoms with E-state index in [9.17, 15) is 0 Å². The van der Waals surface area contributed by atoms with Crippen LogP contribution in [0.4, 0.5) is 0 Å². The lowest BCUT2D eigenvalue weighted by Crippen LogP contribution is -2.10. The van der Waals surface area contributed by atoms with Crippen LogP contribution in [0.2, 0.25) is 0 Å². The highest BCUT2D eigenvalue weighted by molar-refractivity contribution is 6.09. The third-order valence-corrected chi connectivity index (χ3v) is 7.94. The van der Waals surface area contributed by atoms with Crippen LogP contribution in [-0.4, -0.2) is 4.98 Å². The summed E-state index contributed by atoms with van der Waals surface area (Å²) in [5.41, 5.74) is 6.51. The second kappa shape index (κ2) is 9.45. The number of nitrogens with zero attached hydrogens (tertiary/aromatic N) is 1. The first-order chi connectivity index (χ1) is 22.2. The summed E-state index contributed by atoms with van der Waals surface area (Å²) in [7, 11) is 0. The molecule has 5 aromatic carbocycles. The van der Waals surface area contributed by atoms with Gasteiger partial charge < -0.3 is 4.42 Å². The predicted octanol–water partition coefficient (Wildman–Crippen LogP) is 11.0. The minimum atomic E-state index is -2.53. The van der Waals surface area contributed by atoms with Crippen LogP contribution in [0.3, 0.4) is 0 Å². The maximum absolute atomic E-state index is 8.51. The molecule has 0 aliphatic carbocycles. The van der Waals surface area contributed by atoms with Gasteiger partial charge in [-0.25, -0.2) is 0 Å². The van der Waals surface area contributed by atoms with Gasteiger partial charge in [0, 0.05) is 30.8 Å². The zero-order valence-electron chi connectivity index (χ0n) is 29.2. The van der Waals surface area contributed by atoms with E-state index in [2.05, 4.69) is 50.0 Å². The van der Waals surface area contributed by atoms with Gasteiger partial charge in [0.15, 0.2) is 0 Å². The van der Waals surface area contributed by atoms with E-state index in [0.717, 1.165) is 38.3 Å². The van der Waals surface area contributed by atoms with Crippen molar-refractivity contribution in [3.05, 3.63) is 126 Å². The zero-order valence-corrected chi connectivity index (χ0v) is 23.2. The second-order valence-corrected chi connectivity index (χ2v) is 11.7. The maximum atomic E-state index is 8.51. The Labute approximate surface area is 249 Å². The Morgan fingerprint density at radius 3 is 2.20 bits per heavy atom. The summed E-state index contributed by atoms with van der Waals surface area (Å²) >= 11 is 0. The number of furan rings is 1. The lowest BCUT2D eigenvalue weighted by atomic mass is 9.86. The average molecular weight is 538 g/mol. The summed E-state index contributed by atoms with van der Waals surface area (Å²) in [6.07, 6.45) is 1.34. The molecule has 0 fully saturated rings. The molecule has 0 N–H and O–H groups in total. The summed E-state index contributed by atoms with van der Waals surface area (Å²) < 4.78 is 56.8. The summed E-state index contributed by atoms with van der Waals surface area (Å²) in [6, 6.07) is 33.1. The summed E-state index contributed by atoms with van der Waals surface area (Å²) in [4.78, 5) is 4.58. The molecular weight excluding hydrogens is 498 g/mol. The Hall–Kier alpha value is -4.69. The minimum absolute atomic E-state index is 0.0153. The molecule has 2 heteroatoms. The van der Waals surface area contributed by atoms with Gasteiger partial charge in [0.25, 0.3) is 0 Å². The molecule has 0 bridgehead atoms. The fourth-order valence-corrected chi connectivity index (χ4v) is 5.64. The molecule has 2 nitrogen and oxygen atoms in total. The standard InChI is InChI=1S/C39H33NO/c1-24-19-29-20-27(26-15-17-30(18-16-26)39(3,4)5)13-14-28(29)21-34(24)35-22-36(40-23-25(35)2)33-11-8-10-32-31-9-6-7-12-37(31)41-38(32)33/h6-23H,1-5H3/i1D3,2D3. The predicted molar refractivity (Wildman–Crippen MR) is 174 cm³/mol. The van der Waals surface area contributed by atoms with Crippen molar-refractivity contribution in [2.45, 2.75) is 39.9 Å². The van der Waals surface area contributed by atoms with Gasteiger partial charge in [-0.05, 0) is 99.2 Å². The van der Waals surface area contributed by atoms with Crippen molar-refractivity contribution in [2.75, 3.05) is 0 Å². The molecule has 0 radical (unpaired) electrons. The van der Waals surface area contributed by atoms with E-state index in [1.54, 1.807) is 18.2 Å². The van der Waals surface area contributed by atoms with Crippen molar-refractivity contribution in [3.63, 3.8) is 0 Å². The van der Waals surface area contributed by atoms with Crippen LogP contribution in [0, 0.1) is 13.7 Å². The number of benzene rings is 5. The molecule has 7 aromatic rings. The van der Waals surface area contributed by atoms with Gasteiger partial charge in [-0.15, -0.1) is 0 Å². The SMILES string of the molecule is [2H]C([2H])([2H])c1cnc(-c2cccc3c2oc2ccccc23)cc1-c1cc2ccc(-c3ccc(C(C)(C)C)cc3)cc2cc1C([2H])([2H])[2H]. The Morgan fingerprint density at radius 1 is 0.634 bits per heavy atom. The monoisotopic (exact) mass is 537 g/mol. The number of fused-ring (bicyclic) bond motifs is 4. The molecule has 0 aliphatic heterocycles. The lowest BCUT2D eigenvalue weighted by Gasteiger charge is -2.19. The molecule has 2 heterocycles. The van der Waals surface area contributed by atoms with Gasteiger partial charge in [0.1, 0.15) is 11.2 Å². The van der Waals surface area contributed by atoms with Crippen molar-refractivity contribution in [1.29, 1.82) is 0 Å². The lowest BCUT2D eigenvalue weighted by molar-refractivity contribution is 0.590.